The summed E-state index contributed by atoms with van der Waals surface area (Å²) in [5.41, 5.74) is 0. The van der Waals surface area contributed by atoms with Crippen LogP contribution in [0.3, 0.4) is 0 Å². The third-order valence-electron chi connectivity index (χ3n) is 2.54. The zero-order valence-electron chi connectivity index (χ0n) is 10.5. The second kappa shape index (κ2) is 8.24. The molecule has 4 nitrogen and oxygen atoms in total. The maximum Gasteiger partial charge on any atom is 0.334 e. The SMILES string of the molecule is COC(C)COCCC[Si](C)(OC)OC. The third-order valence-corrected chi connectivity index (χ3v) is 5.53. The van der Waals surface area contributed by atoms with Gasteiger partial charge in [0.2, 0.25) is 0 Å². The van der Waals surface area contributed by atoms with Gasteiger partial charge in [-0.15, -0.1) is 0 Å². The average Bonchev–Trinajstić information content (AvgIpc) is 2.27. The Labute approximate surface area is 94.1 Å². The van der Waals surface area contributed by atoms with Crippen LogP contribution in [0.4, 0.5) is 0 Å². The van der Waals surface area contributed by atoms with Crippen molar-refractivity contribution in [3.8, 4) is 0 Å². The summed E-state index contributed by atoms with van der Waals surface area (Å²) >= 11 is 0. The molecule has 0 N–H and O–H groups in total. The van der Waals surface area contributed by atoms with Crippen LogP contribution in [-0.2, 0) is 18.3 Å². The molecule has 0 heterocycles. The number of hydrogen-bond donors (Lipinski definition) is 0. The monoisotopic (exact) mass is 236 g/mol. The topological polar surface area (TPSA) is 36.9 Å². The van der Waals surface area contributed by atoms with Crippen molar-refractivity contribution in [2.45, 2.75) is 32.0 Å². The zero-order chi connectivity index (χ0) is 11.7. The van der Waals surface area contributed by atoms with E-state index in [2.05, 4.69) is 6.55 Å². The van der Waals surface area contributed by atoms with Gasteiger partial charge in [0, 0.05) is 27.9 Å². The number of rotatable bonds is 9. The van der Waals surface area contributed by atoms with Crippen LogP contribution in [0, 0.1) is 0 Å². The molecule has 15 heavy (non-hydrogen) atoms. The summed E-state index contributed by atoms with van der Waals surface area (Å²) in [5.74, 6) is 0. The van der Waals surface area contributed by atoms with E-state index in [-0.39, 0.29) is 6.10 Å². The third kappa shape index (κ3) is 7.02. The summed E-state index contributed by atoms with van der Waals surface area (Å²) in [4.78, 5) is 0. The van der Waals surface area contributed by atoms with Crippen molar-refractivity contribution in [3.63, 3.8) is 0 Å². The number of methoxy groups -OCH3 is 1. The van der Waals surface area contributed by atoms with E-state index in [4.69, 9.17) is 18.3 Å². The van der Waals surface area contributed by atoms with Crippen LogP contribution in [0.1, 0.15) is 13.3 Å². The molecule has 0 aliphatic carbocycles. The average molecular weight is 236 g/mol. The second-order valence-corrected chi connectivity index (χ2v) is 7.35. The van der Waals surface area contributed by atoms with Crippen LogP contribution >= 0.6 is 0 Å². The fourth-order valence-corrected chi connectivity index (χ4v) is 2.46. The highest BCUT2D eigenvalue weighted by Crippen LogP contribution is 2.13. The first kappa shape index (κ1) is 15.1. The highest BCUT2D eigenvalue weighted by Gasteiger charge is 2.27. The minimum absolute atomic E-state index is 0.165. The highest BCUT2D eigenvalue weighted by atomic mass is 28.4. The summed E-state index contributed by atoms with van der Waals surface area (Å²) in [7, 11) is 3.22. The first-order valence-electron chi connectivity index (χ1n) is 5.29. The van der Waals surface area contributed by atoms with E-state index >= 15 is 0 Å². The van der Waals surface area contributed by atoms with Gasteiger partial charge in [0.05, 0.1) is 12.7 Å². The lowest BCUT2D eigenvalue weighted by atomic mass is 10.4. The fraction of sp³-hybridized carbons (Fsp3) is 1.00. The molecule has 0 aromatic rings. The van der Waals surface area contributed by atoms with E-state index < -0.39 is 8.56 Å². The van der Waals surface area contributed by atoms with Crippen LogP contribution in [0.15, 0.2) is 0 Å². The van der Waals surface area contributed by atoms with E-state index in [0.717, 1.165) is 19.1 Å². The van der Waals surface area contributed by atoms with E-state index in [9.17, 15) is 0 Å². The van der Waals surface area contributed by atoms with E-state index in [1.807, 2.05) is 6.92 Å². The molecule has 92 valence electrons. The quantitative estimate of drug-likeness (QED) is 0.452. The summed E-state index contributed by atoms with van der Waals surface area (Å²) in [5, 5.41) is 0. The van der Waals surface area contributed by atoms with Crippen molar-refractivity contribution in [1.29, 1.82) is 0 Å². The van der Waals surface area contributed by atoms with Gasteiger partial charge in [0.15, 0.2) is 0 Å². The lowest BCUT2D eigenvalue weighted by Gasteiger charge is -2.22. The molecular formula is C10H24O4Si. The van der Waals surface area contributed by atoms with Gasteiger partial charge < -0.3 is 18.3 Å². The summed E-state index contributed by atoms with van der Waals surface area (Å²) in [6.45, 7) is 5.44. The Bertz CT molecular complexity index is 150. The highest BCUT2D eigenvalue weighted by molar-refractivity contribution is 6.65. The van der Waals surface area contributed by atoms with Crippen LogP contribution in [0.5, 0.6) is 0 Å². The van der Waals surface area contributed by atoms with E-state index in [1.54, 1.807) is 21.3 Å². The number of hydrogen-bond acceptors (Lipinski definition) is 4. The molecule has 0 aromatic heterocycles. The Morgan fingerprint density at radius 2 is 1.73 bits per heavy atom. The standard InChI is InChI=1S/C10H24O4Si/c1-10(11-2)9-14-7-6-8-15(5,12-3)13-4/h10H,6-9H2,1-5H3. The van der Waals surface area contributed by atoms with Crippen molar-refractivity contribution >= 4 is 8.56 Å². The van der Waals surface area contributed by atoms with Gasteiger partial charge in [0.1, 0.15) is 0 Å². The van der Waals surface area contributed by atoms with Gasteiger partial charge in [-0.05, 0) is 25.9 Å². The molecule has 0 saturated carbocycles. The Morgan fingerprint density at radius 1 is 1.13 bits per heavy atom. The van der Waals surface area contributed by atoms with Crippen molar-refractivity contribution in [1.82, 2.24) is 0 Å². The van der Waals surface area contributed by atoms with Crippen molar-refractivity contribution in [3.05, 3.63) is 0 Å². The lowest BCUT2D eigenvalue weighted by molar-refractivity contribution is 0.0183. The fourth-order valence-electron chi connectivity index (χ4n) is 1.10. The van der Waals surface area contributed by atoms with Crippen LogP contribution < -0.4 is 0 Å². The van der Waals surface area contributed by atoms with Gasteiger partial charge in [-0.25, -0.2) is 0 Å². The van der Waals surface area contributed by atoms with Gasteiger partial charge in [0.25, 0.3) is 0 Å². The molecule has 0 rings (SSSR count). The van der Waals surface area contributed by atoms with Crippen LogP contribution in [0.2, 0.25) is 12.6 Å². The molecule has 1 atom stereocenters. The largest absolute Gasteiger partial charge is 0.398 e. The molecule has 0 aromatic carbocycles. The smallest absolute Gasteiger partial charge is 0.334 e. The first-order valence-corrected chi connectivity index (χ1v) is 7.81. The van der Waals surface area contributed by atoms with Crippen molar-refractivity contribution < 1.29 is 18.3 Å². The summed E-state index contributed by atoms with van der Waals surface area (Å²) in [6.07, 6.45) is 1.14. The molecule has 0 fully saturated rings. The Kier molecular flexibility index (Phi) is 8.27. The molecule has 0 amide bonds. The van der Waals surface area contributed by atoms with Crippen molar-refractivity contribution in [2.24, 2.45) is 0 Å². The molecule has 0 spiro atoms. The molecule has 0 radical (unpaired) electrons. The lowest BCUT2D eigenvalue weighted by Crippen LogP contribution is -2.36. The predicted molar refractivity (Wildman–Crippen MR) is 62.4 cm³/mol. The Morgan fingerprint density at radius 3 is 2.20 bits per heavy atom. The molecular weight excluding hydrogens is 212 g/mol. The summed E-state index contributed by atoms with van der Waals surface area (Å²) < 4.78 is 21.3. The minimum Gasteiger partial charge on any atom is -0.398 e. The van der Waals surface area contributed by atoms with Gasteiger partial charge in [-0.1, -0.05) is 0 Å². The van der Waals surface area contributed by atoms with Gasteiger partial charge in [-0.2, -0.15) is 0 Å². The normalized spacial score (nSPS) is 14.2. The van der Waals surface area contributed by atoms with Gasteiger partial charge in [-0.3, -0.25) is 0 Å². The molecule has 5 heteroatoms. The van der Waals surface area contributed by atoms with Crippen LogP contribution in [0.25, 0.3) is 0 Å². The molecule has 0 bridgehead atoms. The number of ether oxygens (including phenoxy) is 2. The summed E-state index contributed by atoms with van der Waals surface area (Å²) in [6, 6.07) is 0.960. The van der Waals surface area contributed by atoms with Gasteiger partial charge >= 0.3 is 8.56 Å². The van der Waals surface area contributed by atoms with E-state index in [1.165, 1.54) is 0 Å². The molecule has 0 aliphatic rings. The molecule has 0 aliphatic heterocycles. The molecule has 1 unspecified atom stereocenters. The predicted octanol–water partition coefficient (Wildman–Crippen LogP) is 1.79. The Balaban J connectivity index is 3.45. The second-order valence-electron chi connectivity index (χ2n) is 3.77. The van der Waals surface area contributed by atoms with Crippen LogP contribution in [-0.4, -0.2) is 49.2 Å². The van der Waals surface area contributed by atoms with E-state index in [0.29, 0.717) is 6.61 Å². The maximum absolute atomic E-state index is 5.46. The molecule has 0 saturated heterocycles. The van der Waals surface area contributed by atoms with Crippen molar-refractivity contribution in [2.75, 3.05) is 34.5 Å². The zero-order valence-corrected chi connectivity index (χ0v) is 11.5. The first-order chi connectivity index (χ1) is 7.08. The maximum atomic E-state index is 5.46. The minimum atomic E-state index is -1.89. The Hall–Kier alpha value is 0.0569.